The number of hydrogen-bond acceptors (Lipinski definition) is 10. The van der Waals surface area contributed by atoms with Crippen LogP contribution in [0.25, 0.3) is 0 Å². The van der Waals surface area contributed by atoms with E-state index in [1.807, 2.05) is 0 Å². The molecule has 11 nitrogen and oxygen atoms in total. The van der Waals surface area contributed by atoms with Crippen LogP contribution in [0.1, 0.15) is 226 Å². The molecule has 442 valence electrons. The Morgan fingerprint density at radius 1 is 0.372 bits per heavy atom. The average molecular weight is 1110 g/mol. The molecule has 3 atom stereocenters. The summed E-state index contributed by atoms with van der Waals surface area (Å²) in [5.41, 5.74) is 0. The lowest BCUT2D eigenvalue weighted by Crippen LogP contribution is -2.30. The molecular weight excluding hydrogens is 1000 g/mol. The summed E-state index contributed by atoms with van der Waals surface area (Å²) in [4.78, 5) is 48.6. The van der Waals surface area contributed by atoms with Gasteiger partial charge in [0.1, 0.15) is 12.7 Å². The number of rotatable bonds is 54. The maximum Gasteiger partial charge on any atom is 0.472 e. The number of aliphatic hydroxyl groups excluding tert-OH is 1. The highest BCUT2D eigenvalue weighted by Crippen LogP contribution is 2.43. The lowest BCUT2D eigenvalue weighted by molar-refractivity contribution is -0.161. The Labute approximate surface area is 474 Å². The Bertz CT molecular complexity index is 1820. The monoisotopic (exact) mass is 1110 g/mol. The van der Waals surface area contributed by atoms with Gasteiger partial charge in [0, 0.05) is 19.3 Å². The predicted octanol–water partition coefficient (Wildman–Crippen LogP) is 18.1. The van der Waals surface area contributed by atoms with E-state index in [0.717, 1.165) is 128 Å². The number of phosphoric ester groups is 1. The zero-order chi connectivity index (χ0) is 56.9. The molecule has 0 bridgehead atoms. The first-order valence-electron chi connectivity index (χ1n) is 30.1. The standard InChI is InChI=1S/C66H107O11P/c1-4-7-10-13-16-19-22-25-28-30-31-33-36-39-42-45-48-51-54-57-66(70)77-63(59-73-64(68)55-52-49-46-43-40-37-34-27-24-21-18-15-12-9-6-3)61-75-78(71,72)74-60-62(58-67)76-65(69)56-53-50-47-44-41-38-35-32-29-26-23-20-17-14-11-8-5-2/h7,9-10,12,16-21,25-29,31,33-34,39-40,42-43,62-63,67H,4-6,8,11,13-15,22-24,30,32,35-38,41,44-61H2,1-3H3,(H,71,72)/b10-7-,12-9-,19-16-,20-17-,21-18-,28-25-,29-26-,33-31-,34-27-,42-39-,43-40-. The maximum atomic E-state index is 12.9. The van der Waals surface area contributed by atoms with E-state index < -0.39 is 57.8 Å². The van der Waals surface area contributed by atoms with E-state index in [-0.39, 0.29) is 25.9 Å². The molecule has 0 aromatic rings. The van der Waals surface area contributed by atoms with Gasteiger partial charge in [-0.15, -0.1) is 0 Å². The highest BCUT2D eigenvalue weighted by molar-refractivity contribution is 7.47. The molecule has 0 aromatic carbocycles. The van der Waals surface area contributed by atoms with Crippen LogP contribution >= 0.6 is 7.82 Å². The van der Waals surface area contributed by atoms with Gasteiger partial charge in [-0.2, -0.15) is 0 Å². The van der Waals surface area contributed by atoms with E-state index in [4.69, 9.17) is 23.3 Å². The van der Waals surface area contributed by atoms with Crippen LogP contribution in [0.3, 0.4) is 0 Å². The molecule has 0 aromatic heterocycles. The molecule has 78 heavy (non-hydrogen) atoms. The topological polar surface area (TPSA) is 155 Å². The Hall–Kier alpha value is -4.38. The first-order chi connectivity index (χ1) is 38.2. The van der Waals surface area contributed by atoms with Crippen LogP contribution in [0, 0.1) is 0 Å². The van der Waals surface area contributed by atoms with Gasteiger partial charge in [0.05, 0.1) is 19.8 Å². The second-order valence-corrected chi connectivity index (χ2v) is 20.8. The summed E-state index contributed by atoms with van der Waals surface area (Å²) in [5.74, 6) is -1.58. The Morgan fingerprint density at radius 2 is 0.667 bits per heavy atom. The summed E-state index contributed by atoms with van der Waals surface area (Å²) in [5, 5.41) is 9.84. The third kappa shape index (κ3) is 56.3. The first kappa shape index (κ1) is 73.6. The number of allylic oxidation sites excluding steroid dienone is 22. The van der Waals surface area contributed by atoms with Crippen molar-refractivity contribution in [1.82, 2.24) is 0 Å². The smallest absolute Gasteiger partial charge is 0.462 e. The van der Waals surface area contributed by atoms with Gasteiger partial charge in [0.25, 0.3) is 0 Å². The second-order valence-electron chi connectivity index (χ2n) is 19.4. The molecular formula is C66H107O11P. The zero-order valence-corrected chi connectivity index (χ0v) is 49.7. The minimum atomic E-state index is -4.78. The largest absolute Gasteiger partial charge is 0.472 e. The van der Waals surface area contributed by atoms with Crippen LogP contribution < -0.4 is 0 Å². The van der Waals surface area contributed by atoms with E-state index in [1.165, 1.54) is 38.5 Å². The van der Waals surface area contributed by atoms with E-state index >= 15 is 0 Å². The van der Waals surface area contributed by atoms with Gasteiger partial charge in [0.15, 0.2) is 6.10 Å². The number of unbranched alkanes of at least 4 members (excludes halogenated alkanes) is 15. The molecule has 0 fully saturated rings. The van der Waals surface area contributed by atoms with Crippen LogP contribution in [-0.2, 0) is 42.2 Å². The van der Waals surface area contributed by atoms with E-state index in [1.54, 1.807) is 0 Å². The highest BCUT2D eigenvalue weighted by atomic mass is 31.2. The molecule has 0 saturated heterocycles. The maximum absolute atomic E-state index is 12.9. The van der Waals surface area contributed by atoms with Crippen molar-refractivity contribution in [3.05, 3.63) is 134 Å². The third-order valence-electron chi connectivity index (χ3n) is 12.0. The molecule has 0 aliphatic rings. The van der Waals surface area contributed by atoms with Gasteiger partial charge >= 0.3 is 25.7 Å². The quantitative estimate of drug-likeness (QED) is 0.0197. The van der Waals surface area contributed by atoms with Crippen molar-refractivity contribution in [3.63, 3.8) is 0 Å². The summed E-state index contributed by atoms with van der Waals surface area (Å²) in [7, 11) is -4.78. The average Bonchev–Trinajstić information content (AvgIpc) is 3.43. The summed E-state index contributed by atoms with van der Waals surface area (Å²) in [6.07, 6.45) is 74.1. The number of aliphatic hydroxyl groups is 1. The van der Waals surface area contributed by atoms with Gasteiger partial charge in [0.2, 0.25) is 0 Å². The molecule has 3 unspecified atom stereocenters. The third-order valence-corrected chi connectivity index (χ3v) is 13.0. The van der Waals surface area contributed by atoms with Crippen molar-refractivity contribution in [2.45, 2.75) is 238 Å². The molecule has 0 amide bonds. The van der Waals surface area contributed by atoms with Crippen molar-refractivity contribution in [2.24, 2.45) is 0 Å². The van der Waals surface area contributed by atoms with Crippen molar-refractivity contribution < 1.29 is 52.2 Å². The number of phosphoric acid groups is 1. The second kappa shape index (κ2) is 58.8. The summed E-state index contributed by atoms with van der Waals surface area (Å²) < 4.78 is 39.5. The molecule has 0 saturated carbocycles. The molecule has 2 N–H and O–H groups in total. The lowest BCUT2D eigenvalue weighted by atomic mass is 10.1. The predicted molar refractivity (Wildman–Crippen MR) is 325 cm³/mol. The molecule has 0 heterocycles. The number of carbonyl (C=O) groups excluding carboxylic acids is 3. The fraction of sp³-hybridized carbons (Fsp3) is 0.621. The first-order valence-corrected chi connectivity index (χ1v) is 31.6. The van der Waals surface area contributed by atoms with Crippen molar-refractivity contribution in [1.29, 1.82) is 0 Å². The Morgan fingerprint density at radius 3 is 1.06 bits per heavy atom. The number of ether oxygens (including phenoxy) is 3. The molecule has 0 rings (SSSR count). The summed E-state index contributed by atoms with van der Waals surface area (Å²) in [6, 6.07) is 0. The van der Waals surface area contributed by atoms with Crippen LogP contribution in [0.2, 0.25) is 0 Å². The summed E-state index contributed by atoms with van der Waals surface area (Å²) in [6.45, 7) is 4.29. The number of carbonyl (C=O) groups is 3. The van der Waals surface area contributed by atoms with Gasteiger partial charge in [-0.1, -0.05) is 206 Å². The van der Waals surface area contributed by atoms with E-state index in [2.05, 4.69) is 154 Å². The minimum absolute atomic E-state index is 0.111. The fourth-order valence-electron chi connectivity index (χ4n) is 7.52. The molecule has 0 spiro atoms. The lowest BCUT2D eigenvalue weighted by Gasteiger charge is -2.21. The van der Waals surface area contributed by atoms with Crippen LogP contribution in [-0.4, -0.2) is 66.5 Å². The van der Waals surface area contributed by atoms with Crippen LogP contribution in [0.4, 0.5) is 0 Å². The highest BCUT2D eigenvalue weighted by Gasteiger charge is 2.28. The Kier molecular flexibility index (Phi) is 55.5. The molecule has 0 aliphatic heterocycles. The molecule has 0 radical (unpaired) electrons. The van der Waals surface area contributed by atoms with Crippen molar-refractivity contribution in [3.8, 4) is 0 Å². The Balaban J connectivity index is 4.84. The van der Waals surface area contributed by atoms with Crippen LogP contribution in [0.5, 0.6) is 0 Å². The number of hydrogen-bond donors (Lipinski definition) is 2. The van der Waals surface area contributed by atoms with E-state index in [0.29, 0.717) is 19.3 Å². The SMILES string of the molecule is CC/C=C\C/C=C\C/C=C\C/C=C\C/C=C\CCCCCC(=O)OC(COC(=O)CCCC/C=C\C/C=C\C/C=C\C/C=C\CC)COP(=O)(O)OCC(CO)OC(=O)CCCCCCCCC/C=C\C/C=C\CCCCC. The molecule has 0 aliphatic carbocycles. The summed E-state index contributed by atoms with van der Waals surface area (Å²) >= 11 is 0. The van der Waals surface area contributed by atoms with E-state index in [9.17, 15) is 28.9 Å². The fourth-order valence-corrected chi connectivity index (χ4v) is 8.30. The number of esters is 3. The molecule has 12 heteroatoms. The minimum Gasteiger partial charge on any atom is -0.462 e. The zero-order valence-electron chi connectivity index (χ0n) is 48.8. The van der Waals surface area contributed by atoms with Gasteiger partial charge in [-0.05, 0) is 135 Å². The van der Waals surface area contributed by atoms with Gasteiger partial charge < -0.3 is 24.2 Å². The van der Waals surface area contributed by atoms with Crippen LogP contribution in [0.15, 0.2) is 134 Å². The van der Waals surface area contributed by atoms with Gasteiger partial charge in [-0.3, -0.25) is 23.4 Å². The van der Waals surface area contributed by atoms with Crippen molar-refractivity contribution in [2.75, 3.05) is 26.4 Å². The normalized spacial score (nSPS) is 14.3. The van der Waals surface area contributed by atoms with Gasteiger partial charge in [-0.25, -0.2) is 4.57 Å². The van der Waals surface area contributed by atoms with Crippen molar-refractivity contribution >= 4 is 25.7 Å².